The van der Waals surface area contributed by atoms with Crippen LogP contribution in [0.2, 0.25) is 5.02 Å². The molecule has 1 aromatic carbocycles. The third kappa shape index (κ3) is 4.18. The number of amides is 1. The van der Waals surface area contributed by atoms with Crippen molar-refractivity contribution in [3.63, 3.8) is 0 Å². The van der Waals surface area contributed by atoms with Crippen molar-refractivity contribution in [1.82, 2.24) is 9.88 Å². The minimum Gasteiger partial charge on any atom is -0.369 e. The van der Waals surface area contributed by atoms with E-state index in [1.54, 1.807) is 37.6 Å². The Bertz CT molecular complexity index is 1160. The van der Waals surface area contributed by atoms with E-state index in [9.17, 15) is 13.6 Å². The molecular formula is C22H19ClF2N4OS. The summed E-state index contributed by atoms with van der Waals surface area (Å²) in [6, 6.07) is 8.98. The lowest BCUT2D eigenvalue weighted by atomic mass is 9.87. The molecule has 0 saturated heterocycles. The van der Waals surface area contributed by atoms with Gasteiger partial charge in [0.2, 0.25) is 5.91 Å². The standard InChI is InChI=1S/C22H19ClF2N4OS/c1-22(24,25)15-5-3-12(4-6-15)18-19(28-21(26)29(2)20(18)30)17-8-14(11-31-17)13-7-16(23)10-27-9-13/h3-11,18-19H,1-2H3,(H2,26,28)/t18-,19-/m1/s1. The Morgan fingerprint density at radius 2 is 1.87 bits per heavy atom. The number of rotatable bonds is 4. The number of nitrogens with zero attached hydrogens (tertiary/aromatic N) is 3. The predicted octanol–water partition coefficient (Wildman–Crippen LogP) is 5.19. The van der Waals surface area contributed by atoms with E-state index in [4.69, 9.17) is 17.3 Å². The van der Waals surface area contributed by atoms with Crippen LogP contribution in [-0.2, 0) is 10.7 Å². The third-order valence-corrected chi connectivity index (χ3v) is 6.46. The molecule has 0 aliphatic carbocycles. The molecule has 2 atom stereocenters. The highest BCUT2D eigenvalue weighted by atomic mass is 35.5. The Kier molecular flexibility index (Phi) is 5.53. The Morgan fingerprint density at radius 1 is 1.16 bits per heavy atom. The number of thiophene rings is 1. The molecule has 1 aliphatic rings. The zero-order valence-corrected chi connectivity index (χ0v) is 18.3. The fourth-order valence-corrected chi connectivity index (χ4v) is 4.69. The van der Waals surface area contributed by atoms with Gasteiger partial charge in [0.15, 0.2) is 5.96 Å². The van der Waals surface area contributed by atoms with E-state index in [0.29, 0.717) is 10.6 Å². The molecule has 0 bridgehead atoms. The summed E-state index contributed by atoms with van der Waals surface area (Å²) in [6.07, 6.45) is 3.26. The zero-order chi connectivity index (χ0) is 22.3. The molecule has 9 heteroatoms. The number of nitrogens with two attached hydrogens (primary N) is 1. The molecule has 2 N–H and O–H groups in total. The second-order valence-corrected chi connectivity index (χ2v) is 8.83. The summed E-state index contributed by atoms with van der Waals surface area (Å²) >= 11 is 7.50. The molecule has 5 nitrogen and oxygen atoms in total. The van der Waals surface area contributed by atoms with Gasteiger partial charge in [-0.05, 0) is 28.6 Å². The van der Waals surface area contributed by atoms with Crippen LogP contribution >= 0.6 is 22.9 Å². The molecule has 3 heterocycles. The maximum Gasteiger partial charge on any atom is 0.270 e. The van der Waals surface area contributed by atoms with E-state index < -0.39 is 17.9 Å². The van der Waals surface area contributed by atoms with Crippen molar-refractivity contribution in [2.45, 2.75) is 24.8 Å². The number of pyridine rings is 1. The first-order valence-electron chi connectivity index (χ1n) is 9.43. The van der Waals surface area contributed by atoms with Crippen LogP contribution < -0.4 is 5.73 Å². The number of carbonyl (C=O) groups is 1. The molecule has 0 fully saturated rings. The van der Waals surface area contributed by atoms with Gasteiger partial charge in [-0.25, -0.2) is 13.8 Å². The van der Waals surface area contributed by atoms with E-state index in [1.165, 1.54) is 28.4 Å². The molecule has 0 saturated carbocycles. The van der Waals surface area contributed by atoms with Crippen LogP contribution in [0.15, 0.2) is 59.2 Å². The number of halogens is 3. The number of guanidine groups is 1. The van der Waals surface area contributed by atoms with Gasteiger partial charge in [0.05, 0.1) is 10.9 Å². The number of hydrogen-bond acceptors (Lipinski definition) is 5. The van der Waals surface area contributed by atoms with Crippen molar-refractivity contribution in [3.05, 3.63) is 75.2 Å². The van der Waals surface area contributed by atoms with E-state index in [1.807, 2.05) is 11.4 Å². The van der Waals surface area contributed by atoms with Crippen LogP contribution in [0.4, 0.5) is 8.78 Å². The van der Waals surface area contributed by atoms with Gasteiger partial charge in [0.25, 0.3) is 5.92 Å². The van der Waals surface area contributed by atoms with Crippen molar-refractivity contribution < 1.29 is 13.6 Å². The number of likely N-dealkylation sites (N-methyl/N-ethyl adjacent to an activating group) is 1. The van der Waals surface area contributed by atoms with Crippen LogP contribution in [0, 0.1) is 0 Å². The van der Waals surface area contributed by atoms with Gasteiger partial charge in [-0.15, -0.1) is 11.3 Å². The lowest BCUT2D eigenvalue weighted by molar-refractivity contribution is -0.129. The molecule has 0 radical (unpaired) electrons. The first-order valence-corrected chi connectivity index (χ1v) is 10.7. The first kappa shape index (κ1) is 21.4. The summed E-state index contributed by atoms with van der Waals surface area (Å²) < 4.78 is 27.3. The lowest BCUT2D eigenvalue weighted by Gasteiger charge is -2.32. The Morgan fingerprint density at radius 3 is 2.52 bits per heavy atom. The van der Waals surface area contributed by atoms with Crippen LogP contribution in [0.1, 0.15) is 34.9 Å². The molecule has 4 rings (SSSR count). The fraction of sp³-hybridized carbons (Fsp3) is 0.227. The molecule has 0 unspecified atom stereocenters. The maximum atomic E-state index is 13.6. The number of aliphatic imine (C=N–C) groups is 1. The van der Waals surface area contributed by atoms with Gasteiger partial charge in [-0.2, -0.15) is 0 Å². The van der Waals surface area contributed by atoms with Gasteiger partial charge in [-0.1, -0.05) is 35.9 Å². The smallest absolute Gasteiger partial charge is 0.270 e. The summed E-state index contributed by atoms with van der Waals surface area (Å²) in [6.45, 7) is 0.840. The second-order valence-electron chi connectivity index (χ2n) is 7.45. The van der Waals surface area contributed by atoms with E-state index in [2.05, 4.69) is 9.98 Å². The molecule has 3 aromatic rings. The SMILES string of the molecule is CN1C(=O)[C@H](c2ccc(C(C)(F)F)cc2)[C@@H](c2cc(-c3cncc(Cl)c3)cs2)N=C1N. The lowest BCUT2D eigenvalue weighted by Crippen LogP contribution is -2.46. The largest absolute Gasteiger partial charge is 0.369 e. The minimum atomic E-state index is -2.96. The van der Waals surface area contributed by atoms with Crippen molar-refractivity contribution in [3.8, 4) is 11.1 Å². The number of hydrogen-bond donors (Lipinski definition) is 1. The van der Waals surface area contributed by atoms with Crippen LogP contribution in [-0.4, -0.2) is 28.8 Å². The number of alkyl halides is 2. The van der Waals surface area contributed by atoms with Crippen LogP contribution in [0.25, 0.3) is 11.1 Å². The second kappa shape index (κ2) is 8.01. The first-order chi connectivity index (χ1) is 14.6. The highest BCUT2D eigenvalue weighted by molar-refractivity contribution is 7.10. The molecule has 0 spiro atoms. The van der Waals surface area contributed by atoms with Crippen molar-refractivity contribution >= 4 is 34.8 Å². The van der Waals surface area contributed by atoms with Crippen molar-refractivity contribution in [2.24, 2.45) is 10.7 Å². The normalized spacial score (nSPS) is 19.5. The molecule has 160 valence electrons. The molecular weight excluding hydrogens is 442 g/mol. The zero-order valence-electron chi connectivity index (χ0n) is 16.7. The minimum absolute atomic E-state index is 0.112. The van der Waals surface area contributed by atoms with Gasteiger partial charge < -0.3 is 5.73 Å². The highest BCUT2D eigenvalue weighted by Crippen LogP contribution is 2.42. The van der Waals surface area contributed by atoms with Crippen LogP contribution in [0.3, 0.4) is 0 Å². The monoisotopic (exact) mass is 460 g/mol. The van der Waals surface area contributed by atoms with E-state index >= 15 is 0 Å². The molecule has 2 aromatic heterocycles. The van der Waals surface area contributed by atoms with Crippen molar-refractivity contribution in [2.75, 3.05) is 7.05 Å². The summed E-state index contributed by atoms with van der Waals surface area (Å²) in [4.78, 5) is 23.9. The van der Waals surface area contributed by atoms with Gasteiger partial charge in [0, 0.05) is 42.4 Å². The fourth-order valence-electron chi connectivity index (χ4n) is 3.53. The molecule has 1 aliphatic heterocycles. The third-order valence-electron chi connectivity index (χ3n) is 5.25. The van der Waals surface area contributed by atoms with Crippen LogP contribution in [0.5, 0.6) is 0 Å². The average Bonchev–Trinajstić information content (AvgIpc) is 3.21. The van der Waals surface area contributed by atoms with Crippen molar-refractivity contribution in [1.29, 1.82) is 0 Å². The Labute approximate surface area is 187 Å². The Balaban J connectivity index is 1.75. The summed E-state index contributed by atoms with van der Waals surface area (Å²) in [5.74, 6) is -3.77. The summed E-state index contributed by atoms with van der Waals surface area (Å²) in [5, 5.41) is 2.46. The quantitative estimate of drug-likeness (QED) is 0.582. The molecule has 31 heavy (non-hydrogen) atoms. The van der Waals surface area contributed by atoms with Gasteiger partial charge >= 0.3 is 0 Å². The van der Waals surface area contributed by atoms with Gasteiger partial charge in [0.1, 0.15) is 6.04 Å². The average molecular weight is 461 g/mol. The predicted molar refractivity (Wildman–Crippen MR) is 118 cm³/mol. The van der Waals surface area contributed by atoms with E-state index in [-0.39, 0.29) is 17.4 Å². The topological polar surface area (TPSA) is 71.6 Å². The summed E-state index contributed by atoms with van der Waals surface area (Å²) in [7, 11) is 1.55. The summed E-state index contributed by atoms with van der Waals surface area (Å²) in [5.41, 5.74) is 8.22. The highest BCUT2D eigenvalue weighted by Gasteiger charge is 2.39. The maximum absolute atomic E-state index is 13.6. The van der Waals surface area contributed by atoms with E-state index in [0.717, 1.165) is 22.9 Å². The number of carbonyl (C=O) groups excluding carboxylic acids is 1. The van der Waals surface area contributed by atoms with Gasteiger partial charge in [-0.3, -0.25) is 14.7 Å². The number of aromatic nitrogens is 1. The molecule has 1 amide bonds. The number of benzene rings is 1. The Hall–Kier alpha value is -2.84.